The first-order valence-electron chi connectivity index (χ1n) is 7.12. The van der Waals surface area contributed by atoms with E-state index in [1.807, 2.05) is 18.2 Å². The van der Waals surface area contributed by atoms with Gasteiger partial charge in [0, 0.05) is 25.4 Å². The molecule has 116 valence electrons. The van der Waals surface area contributed by atoms with Gasteiger partial charge >= 0.3 is 0 Å². The predicted octanol–water partition coefficient (Wildman–Crippen LogP) is 1.34. The number of nitrogens with one attached hydrogen (secondary N) is 1. The van der Waals surface area contributed by atoms with Gasteiger partial charge in [-0.15, -0.1) is 0 Å². The van der Waals surface area contributed by atoms with E-state index >= 15 is 0 Å². The van der Waals surface area contributed by atoms with Crippen LogP contribution in [0.3, 0.4) is 0 Å². The molecule has 0 saturated carbocycles. The summed E-state index contributed by atoms with van der Waals surface area (Å²) < 4.78 is 16.1. The second kappa shape index (κ2) is 7.11. The number of benzene rings is 1. The van der Waals surface area contributed by atoms with Gasteiger partial charge in [-0.3, -0.25) is 4.98 Å². The SMILES string of the molecule is O[C@@H](CNCc1ccccn1)COc1ccc2c(c1)OCO2. The van der Waals surface area contributed by atoms with Crippen LogP contribution >= 0.6 is 0 Å². The maximum atomic E-state index is 9.92. The average molecular weight is 302 g/mol. The lowest BCUT2D eigenvalue weighted by atomic mass is 10.3. The first-order valence-corrected chi connectivity index (χ1v) is 7.12. The molecule has 6 heteroatoms. The van der Waals surface area contributed by atoms with Crippen LogP contribution in [-0.4, -0.2) is 36.1 Å². The first kappa shape index (κ1) is 14.6. The lowest BCUT2D eigenvalue weighted by Gasteiger charge is -2.13. The molecule has 0 fully saturated rings. The molecule has 0 radical (unpaired) electrons. The van der Waals surface area contributed by atoms with Crippen LogP contribution in [0.25, 0.3) is 0 Å². The Morgan fingerprint density at radius 2 is 2.14 bits per heavy atom. The number of ether oxygens (including phenoxy) is 3. The Labute approximate surface area is 128 Å². The molecule has 6 nitrogen and oxygen atoms in total. The van der Waals surface area contributed by atoms with Gasteiger partial charge in [-0.25, -0.2) is 0 Å². The van der Waals surface area contributed by atoms with E-state index in [2.05, 4.69) is 10.3 Å². The summed E-state index contributed by atoms with van der Waals surface area (Å²) in [5.41, 5.74) is 0.936. The summed E-state index contributed by atoms with van der Waals surface area (Å²) in [6.07, 6.45) is 1.14. The number of aliphatic hydroxyl groups excluding tert-OH is 1. The fraction of sp³-hybridized carbons (Fsp3) is 0.312. The Balaban J connectivity index is 1.40. The molecule has 0 bridgehead atoms. The monoisotopic (exact) mass is 302 g/mol. The third-order valence-electron chi connectivity index (χ3n) is 3.20. The predicted molar refractivity (Wildman–Crippen MR) is 80.0 cm³/mol. The second-order valence-electron chi connectivity index (χ2n) is 4.93. The van der Waals surface area contributed by atoms with Gasteiger partial charge in [-0.05, 0) is 24.3 Å². The van der Waals surface area contributed by atoms with Crippen molar-refractivity contribution in [2.24, 2.45) is 0 Å². The Bertz CT molecular complexity index is 606. The standard InChI is InChI=1S/C16H18N2O4/c19-13(9-17-8-12-3-1-2-6-18-12)10-20-14-4-5-15-16(7-14)22-11-21-15/h1-7,13,17,19H,8-11H2/t13-/m0/s1. The van der Waals surface area contributed by atoms with E-state index in [0.29, 0.717) is 30.3 Å². The van der Waals surface area contributed by atoms with Crippen LogP contribution in [0.15, 0.2) is 42.6 Å². The highest BCUT2D eigenvalue weighted by Crippen LogP contribution is 2.35. The van der Waals surface area contributed by atoms with Crippen molar-refractivity contribution in [3.05, 3.63) is 48.3 Å². The van der Waals surface area contributed by atoms with E-state index in [1.165, 1.54) is 0 Å². The van der Waals surface area contributed by atoms with Crippen LogP contribution in [0.5, 0.6) is 17.2 Å². The number of nitrogens with zero attached hydrogens (tertiary/aromatic N) is 1. The molecule has 2 N–H and O–H groups in total. The number of hydrogen-bond donors (Lipinski definition) is 2. The van der Waals surface area contributed by atoms with Gasteiger partial charge in [0.25, 0.3) is 0 Å². The smallest absolute Gasteiger partial charge is 0.231 e. The Morgan fingerprint density at radius 1 is 1.23 bits per heavy atom. The highest BCUT2D eigenvalue weighted by molar-refractivity contribution is 5.46. The van der Waals surface area contributed by atoms with Crippen molar-refractivity contribution in [2.75, 3.05) is 19.9 Å². The molecular formula is C16H18N2O4. The molecule has 0 saturated heterocycles. The summed E-state index contributed by atoms with van der Waals surface area (Å²) in [6, 6.07) is 11.1. The quantitative estimate of drug-likeness (QED) is 0.804. The fourth-order valence-corrected chi connectivity index (χ4v) is 2.09. The van der Waals surface area contributed by atoms with Crippen molar-refractivity contribution in [3.63, 3.8) is 0 Å². The van der Waals surface area contributed by atoms with Crippen molar-refractivity contribution in [2.45, 2.75) is 12.6 Å². The van der Waals surface area contributed by atoms with Gasteiger partial charge in [-0.2, -0.15) is 0 Å². The molecular weight excluding hydrogens is 284 g/mol. The number of aromatic nitrogens is 1. The van der Waals surface area contributed by atoms with Crippen molar-refractivity contribution in [1.29, 1.82) is 0 Å². The van der Waals surface area contributed by atoms with Gasteiger partial charge in [-0.1, -0.05) is 6.07 Å². The maximum absolute atomic E-state index is 9.92. The first-order chi connectivity index (χ1) is 10.8. The van der Waals surface area contributed by atoms with E-state index in [0.717, 1.165) is 5.69 Å². The normalized spacial score (nSPS) is 13.9. The lowest BCUT2D eigenvalue weighted by molar-refractivity contribution is 0.106. The van der Waals surface area contributed by atoms with E-state index in [9.17, 15) is 5.11 Å². The number of fused-ring (bicyclic) bond motifs is 1. The Kier molecular flexibility index (Phi) is 4.72. The molecule has 0 amide bonds. The Morgan fingerprint density at radius 3 is 3.00 bits per heavy atom. The minimum atomic E-state index is -0.603. The van der Waals surface area contributed by atoms with Crippen LogP contribution in [0.1, 0.15) is 5.69 Å². The highest BCUT2D eigenvalue weighted by Gasteiger charge is 2.14. The zero-order valence-corrected chi connectivity index (χ0v) is 12.1. The second-order valence-corrected chi connectivity index (χ2v) is 4.93. The van der Waals surface area contributed by atoms with Gasteiger partial charge in [0.1, 0.15) is 18.5 Å². The molecule has 1 aromatic carbocycles. The van der Waals surface area contributed by atoms with Crippen molar-refractivity contribution in [3.8, 4) is 17.2 Å². The zero-order valence-electron chi connectivity index (χ0n) is 12.1. The maximum Gasteiger partial charge on any atom is 0.231 e. The topological polar surface area (TPSA) is 72.8 Å². The Hall–Kier alpha value is -2.31. The minimum Gasteiger partial charge on any atom is -0.491 e. The molecule has 2 heterocycles. The molecule has 3 rings (SSSR count). The largest absolute Gasteiger partial charge is 0.491 e. The number of aliphatic hydroxyl groups is 1. The molecule has 2 aromatic rings. The number of hydrogen-bond acceptors (Lipinski definition) is 6. The fourth-order valence-electron chi connectivity index (χ4n) is 2.09. The highest BCUT2D eigenvalue weighted by atomic mass is 16.7. The third kappa shape index (κ3) is 3.87. The van der Waals surface area contributed by atoms with E-state index in [-0.39, 0.29) is 13.4 Å². The van der Waals surface area contributed by atoms with Crippen LogP contribution in [0.4, 0.5) is 0 Å². The molecule has 0 unspecified atom stereocenters. The van der Waals surface area contributed by atoms with Gasteiger partial charge in [0.05, 0.1) is 5.69 Å². The summed E-state index contributed by atoms with van der Waals surface area (Å²) in [5, 5.41) is 13.1. The van der Waals surface area contributed by atoms with Crippen LogP contribution in [0, 0.1) is 0 Å². The zero-order chi connectivity index (χ0) is 15.2. The van der Waals surface area contributed by atoms with Crippen LogP contribution in [0.2, 0.25) is 0 Å². The molecule has 1 atom stereocenters. The van der Waals surface area contributed by atoms with E-state index < -0.39 is 6.10 Å². The van der Waals surface area contributed by atoms with Crippen LogP contribution < -0.4 is 19.5 Å². The van der Waals surface area contributed by atoms with Crippen molar-refractivity contribution >= 4 is 0 Å². The lowest BCUT2D eigenvalue weighted by Crippen LogP contribution is -2.31. The minimum absolute atomic E-state index is 0.203. The molecule has 1 aromatic heterocycles. The summed E-state index contributed by atoms with van der Waals surface area (Å²) in [6.45, 7) is 1.48. The average Bonchev–Trinajstić information content (AvgIpc) is 3.01. The molecule has 1 aliphatic rings. The van der Waals surface area contributed by atoms with E-state index in [4.69, 9.17) is 14.2 Å². The van der Waals surface area contributed by atoms with Crippen molar-refractivity contribution in [1.82, 2.24) is 10.3 Å². The molecule has 1 aliphatic heterocycles. The molecule has 0 aliphatic carbocycles. The van der Waals surface area contributed by atoms with Gasteiger partial charge in [0.15, 0.2) is 11.5 Å². The number of pyridine rings is 1. The number of rotatable bonds is 7. The third-order valence-corrected chi connectivity index (χ3v) is 3.20. The summed E-state index contributed by atoms with van der Waals surface area (Å²) in [7, 11) is 0. The summed E-state index contributed by atoms with van der Waals surface area (Å²) in [5.74, 6) is 2.03. The van der Waals surface area contributed by atoms with Gasteiger partial charge < -0.3 is 24.6 Å². The molecule has 0 spiro atoms. The molecule has 22 heavy (non-hydrogen) atoms. The summed E-state index contributed by atoms with van der Waals surface area (Å²) in [4.78, 5) is 4.20. The van der Waals surface area contributed by atoms with Crippen molar-refractivity contribution < 1.29 is 19.3 Å². The van der Waals surface area contributed by atoms with Crippen LogP contribution in [-0.2, 0) is 6.54 Å². The van der Waals surface area contributed by atoms with Gasteiger partial charge in [0.2, 0.25) is 6.79 Å². The van der Waals surface area contributed by atoms with E-state index in [1.54, 1.807) is 24.4 Å². The summed E-state index contributed by atoms with van der Waals surface area (Å²) >= 11 is 0.